The van der Waals surface area contributed by atoms with Gasteiger partial charge in [-0.3, -0.25) is 4.79 Å². The molecule has 0 spiro atoms. The predicted molar refractivity (Wildman–Crippen MR) is 140 cm³/mol. The van der Waals surface area contributed by atoms with Crippen molar-refractivity contribution in [2.75, 3.05) is 11.9 Å². The van der Waals surface area contributed by atoms with Crippen LogP contribution in [0.4, 0.5) is 5.69 Å². The molecular formula is C28H24BrN3O2. The molecule has 4 rings (SSSR count). The van der Waals surface area contributed by atoms with Crippen LogP contribution < -0.4 is 10.1 Å². The van der Waals surface area contributed by atoms with Crippen molar-refractivity contribution in [2.45, 2.75) is 20.4 Å². The number of para-hydroxylation sites is 1. The van der Waals surface area contributed by atoms with E-state index in [4.69, 9.17) is 4.74 Å². The highest BCUT2D eigenvalue weighted by molar-refractivity contribution is 9.10. The Morgan fingerprint density at radius 1 is 1.12 bits per heavy atom. The van der Waals surface area contributed by atoms with Crippen molar-refractivity contribution < 1.29 is 9.53 Å². The quantitative estimate of drug-likeness (QED) is 0.220. The maximum absolute atomic E-state index is 12.9. The third kappa shape index (κ3) is 5.05. The first-order valence-electron chi connectivity index (χ1n) is 11.0. The van der Waals surface area contributed by atoms with Crippen LogP contribution in [-0.2, 0) is 11.3 Å². The van der Waals surface area contributed by atoms with Gasteiger partial charge >= 0.3 is 0 Å². The Balaban J connectivity index is 1.69. The SMILES string of the molecule is CCOc1cccc(NC(=O)/C(C#N)=C\c2c(C)n(Cc3ccc(Br)cc3)c3ccccc23)c1. The summed E-state index contributed by atoms with van der Waals surface area (Å²) < 4.78 is 8.74. The Morgan fingerprint density at radius 3 is 2.62 bits per heavy atom. The molecule has 34 heavy (non-hydrogen) atoms. The molecule has 0 aliphatic rings. The number of hydrogen-bond donors (Lipinski definition) is 1. The van der Waals surface area contributed by atoms with Crippen LogP contribution >= 0.6 is 15.9 Å². The zero-order chi connectivity index (χ0) is 24.1. The molecule has 0 saturated carbocycles. The number of amides is 1. The maximum Gasteiger partial charge on any atom is 0.266 e. The molecule has 6 heteroatoms. The summed E-state index contributed by atoms with van der Waals surface area (Å²) in [4.78, 5) is 12.9. The Hall–Kier alpha value is -3.82. The predicted octanol–water partition coefficient (Wildman–Crippen LogP) is 6.70. The minimum absolute atomic E-state index is 0.0384. The molecule has 170 valence electrons. The van der Waals surface area contributed by atoms with Gasteiger partial charge in [0.15, 0.2) is 0 Å². The Kier molecular flexibility index (Phi) is 7.15. The highest BCUT2D eigenvalue weighted by Gasteiger charge is 2.16. The highest BCUT2D eigenvalue weighted by Crippen LogP contribution is 2.29. The fourth-order valence-electron chi connectivity index (χ4n) is 3.94. The summed E-state index contributed by atoms with van der Waals surface area (Å²) in [6, 6.07) is 25.5. The normalized spacial score (nSPS) is 11.3. The highest BCUT2D eigenvalue weighted by atomic mass is 79.9. The minimum atomic E-state index is -0.458. The van der Waals surface area contributed by atoms with Gasteiger partial charge in [0.2, 0.25) is 0 Å². The summed E-state index contributed by atoms with van der Waals surface area (Å²) in [5.74, 6) is 0.204. The van der Waals surface area contributed by atoms with Crippen LogP contribution in [-0.4, -0.2) is 17.1 Å². The molecule has 0 atom stereocenters. The Morgan fingerprint density at radius 2 is 1.88 bits per heavy atom. The number of rotatable bonds is 7. The smallest absolute Gasteiger partial charge is 0.266 e. The topological polar surface area (TPSA) is 67.0 Å². The number of hydrogen-bond acceptors (Lipinski definition) is 3. The van der Waals surface area contributed by atoms with Crippen LogP contribution in [0.3, 0.4) is 0 Å². The lowest BCUT2D eigenvalue weighted by atomic mass is 10.1. The second-order valence-corrected chi connectivity index (χ2v) is 8.73. The fraction of sp³-hybridized carbons (Fsp3) is 0.143. The number of aromatic nitrogens is 1. The second kappa shape index (κ2) is 10.4. The summed E-state index contributed by atoms with van der Waals surface area (Å²) >= 11 is 3.48. The Labute approximate surface area is 207 Å². The fourth-order valence-corrected chi connectivity index (χ4v) is 4.20. The summed E-state index contributed by atoms with van der Waals surface area (Å²) in [5, 5.41) is 13.6. The number of nitriles is 1. The lowest BCUT2D eigenvalue weighted by Gasteiger charge is -2.09. The van der Waals surface area contributed by atoms with Crippen LogP contribution in [0.15, 0.2) is 82.8 Å². The van der Waals surface area contributed by atoms with Crippen LogP contribution in [0.2, 0.25) is 0 Å². The van der Waals surface area contributed by atoms with Gasteiger partial charge in [0.25, 0.3) is 5.91 Å². The van der Waals surface area contributed by atoms with Crippen molar-refractivity contribution >= 4 is 44.5 Å². The largest absolute Gasteiger partial charge is 0.494 e. The zero-order valence-electron chi connectivity index (χ0n) is 19.0. The van der Waals surface area contributed by atoms with E-state index in [1.54, 1.807) is 24.3 Å². The third-order valence-corrected chi connectivity index (χ3v) is 6.12. The maximum atomic E-state index is 12.9. The van der Waals surface area contributed by atoms with Crippen molar-refractivity contribution in [1.82, 2.24) is 4.57 Å². The summed E-state index contributed by atoms with van der Waals surface area (Å²) in [5.41, 5.74) is 4.68. The minimum Gasteiger partial charge on any atom is -0.494 e. The summed E-state index contributed by atoms with van der Waals surface area (Å²) in [7, 11) is 0. The average molecular weight is 514 g/mol. The van der Waals surface area contributed by atoms with Crippen molar-refractivity contribution in [3.63, 3.8) is 0 Å². The first kappa shape index (κ1) is 23.3. The van der Waals surface area contributed by atoms with Crippen molar-refractivity contribution in [3.05, 3.63) is 99.7 Å². The molecular weight excluding hydrogens is 490 g/mol. The van der Waals surface area contributed by atoms with Crippen LogP contribution in [0.25, 0.3) is 17.0 Å². The van der Waals surface area contributed by atoms with Gasteiger partial charge in [0.05, 0.1) is 6.61 Å². The van der Waals surface area contributed by atoms with Gasteiger partial charge in [-0.2, -0.15) is 5.26 Å². The number of benzene rings is 3. The zero-order valence-corrected chi connectivity index (χ0v) is 20.6. The van der Waals surface area contributed by atoms with Gasteiger partial charge in [0.1, 0.15) is 17.4 Å². The molecule has 0 saturated heterocycles. The molecule has 0 aliphatic heterocycles. The number of nitrogens with zero attached hydrogens (tertiary/aromatic N) is 2. The number of fused-ring (bicyclic) bond motifs is 1. The van der Waals surface area contributed by atoms with Gasteiger partial charge in [-0.15, -0.1) is 0 Å². The van der Waals surface area contributed by atoms with Gasteiger partial charge in [0, 0.05) is 44.9 Å². The molecule has 4 aromatic rings. The Bertz CT molecular complexity index is 1410. The summed E-state index contributed by atoms with van der Waals surface area (Å²) in [6.07, 6.45) is 1.68. The van der Waals surface area contributed by atoms with E-state index in [0.717, 1.165) is 32.2 Å². The lowest BCUT2D eigenvalue weighted by molar-refractivity contribution is -0.112. The van der Waals surface area contributed by atoms with E-state index < -0.39 is 5.91 Å². The number of carbonyl (C=O) groups excluding carboxylic acids is 1. The number of nitrogens with one attached hydrogen (secondary N) is 1. The molecule has 0 fully saturated rings. The second-order valence-electron chi connectivity index (χ2n) is 7.81. The first-order valence-corrected chi connectivity index (χ1v) is 11.8. The summed E-state index contributed by atoms with van der Waals surface area (Å²) in [6.45, 7) is 5.14. The number of anilines is 1. The van der Waals surface area contributed by atoms with Gasteiger partial charge in [-0.1, -0.05) is 52.3 Å². The number of ether oxygens (including phenoxy) is 1. The monoisotopic (exact) mass is 513 g/mol. The van der Waals surface area contributed by atoms with Crippen molar-refractivity contribution in [1.29, 1.82) is 5.26 Å². The van der Waals surface area contributed by atoms with Crippen LogP contribution in [0.1, 0.15) is 23.7 Å². The molecule has 0 aliphatic carbocycles. The van der Waals surface area contributed by atoms with Crippen molar-refractivity contribution in [3.8, 4) is 11.8 Å². The molecule has 3 aromatic carbocycles. The van der Waals surface area contributed by atoms with E-state index in [-0.39, 0.29) is 5.57 Å². The van der Waals surface area contributed by atoms with E-state index in [1.165, 1.54) is 0 Å². The molecule has 1 heterocycles. The molecule has 0 radical (unpaired) electrons. The van der Waals surface area contributed by atoms with E-state index in [0.29, 0.717) is 24.6 Å². The standard InChI is InChI=1S/C28H24BrN3O2/c1-3-34-24-8-6-7-23(16-24)31-28(33)21(17-30)15-26-19(2)32(27-10-5-4-9-25(26)27)18-20-11-13-22(29)14-12-20/h4-16H,3,18H2,1-2H3,(H,31,33)/b21-15-. The molecule has 1 N–H and O–H groups in total. The molecule has 1 amide bonds. The van der Waals surface area contributed by atoms with Crippen LogP contribution in [0, 0.1) is 18.3 Å². The molecule has 0 bridgehead atoms. The van der Waals surface area contributed by atoms with Gasteiger partial charge < -0.3 is 14.6 Å². The van der Waals surface area contributed by atoms with E-state index in [1.807, 2.05) is 50.2 Å². The molecule has 0 unspecified atom stereocenters. The van der Waals surface area contributed by atoms with Crippen molar-refractivity contribution in [2.24, 2.45) is 0 Å². The van der Waals surface area contributed by atoms with Crippen LogP contribution in [0.5, 0.6) is 5.75 Å². The van der Waals surface area contributed by atoms with Gasteiger partial charge in [-0.05, 0) is 55.8 Å². The first-order chi connectivity index (χ1) is 16.5. The van der Waals surface area contributed by atoms with Gasteiger partial charge in [-0.25, -0.2) is 0 Å². The lowest BCUT2D eigenvalue weighted by Crippen LogP contribution is -2.13. The molecule has 1 aromatic heterocycles. The van der Waals surface area contributed by atoms with E-state index >= 15 is 0 Å². The average Bonchev–Trinajstić information content (AvgIpc) is 3.10. The van der Waals surface area contributed by atoms with E-state index in [2.05, 4.69) is 50.1 Å². The van der Waals surface area contributed by atoms with E-state index in [9.17, 15) is 10.1 Å². The number of carbonyl (C=O) groups is 1. The molecule has 5 nitrogen and oxygen atoms in total. The number of halogens is 1. The third-order valence-electron chi connectivity index (χ3n) is 5.59.